The van der Waals surface area contributed by atoms with Crippen molar-refractivity contribution in [3.63, 3.8) is 0 Å². The summed E-state index contributed by atoms with van der Waals surface area (Å²) in [6.45, 7) is 3.03. The minimum absolute atomic E-state index is 0.0239. The van der Waals surface area contributed by atoms with Gasteiger partial charge in [-0.1, -0.05) is 41.6 Å². The Morgan fingerprint density at radius 2 is 1.58 bits per heavy atom. The molecule has 0 aliphatic carbocycles. The molecule has 0 spiro atoms. The van der Waals surface area contributed by atoms with Gasteiger partial charge in [-0.2, -0.15) is 0 Å². The Morgan fingerprint density at radius 1 is 0.879 bits per heavy atom. The van der Waals surface area contributed by atoms with Crippen molar-refractivity contribution in [2.75, 3.05) is 0 Å². The van der Waals surface area contributed by atoms with Gasteiger partial charge in [0.25, 0.3) is 5.69 Å². The maximum absolute atomic E-state index is 11.5. The van der Waals surface area contributed by atoms with Crippen molar-refractivity contribution in [1.29, 1.82) is 0 Å². The monoisotopic (exact) mass is 437 g/mol. The van der Waals surface area contributed by atoms with E-state index in [0.717, 1.165) is 43.8 Å². The van der Waals surface area contributed by atoms with Crippen molar-refractivity contribution in [2.24, 2.45) is 5.16 Å². The molecule has 0 aliphatic rings. The Hall–Kier alpha value is -4.52. The number of benzene rings is 4. The predicted molar refractivity (Wildman–Crippen MR) is 129 cm³/mol. The number of carbonyl (C=O) groups excluding carboxylic acids is 1. The van der Waals surface area contributed by atoms with Gasteiger partial charge >= 0.3 is 5.97 Å². The lowest BCUT2D eigenvalue weighted by atomic mass is 10.1. The van der Waals surface area contributed by atoms with Crippen LogP contribution in [0.1, 0.15) is 19.4 Å². The van der Waals surface area contributed by atoms with Crippen LogP contribution >= 0.6 is 0 Å². The zero-order chi connectivity index (χ0) is 23.1. The fourth-order valence-corrected chi connectivity index (χ4v) is 4.13. The van der Waals surface area contributed by atoms with Crippen LogP contribution in [0, 0.1) is 10.1 Å². The van der Waals surface area contributed by atoms with Crippen LogP contribution in [0.4, 0.5) is 5.69 Å². The molecule has 0 aliphatic heterocycles. The molecule has 7 nitrogen and oxygen atoms in total. The van der Waals surface area contributed by atoms with Gasteiger partial charge in [-0.15, -0.1) is 0 Å². The third-order valence-electron chi connectivity index (χ3n) is 5.68. The lowest BCUT2D eigenvalue weighted by Gasteiger charge is -2.09. The van der Waals surface area contributed by atoms with Gasteiger partial charge in [0, 0.05) is 35.5 Å². The minimum atomic E-state index is -0.501. The number of oxime groups is 1. The summed E-state index contributed by atoms with van der Waals surface area (Å²) in [6.07, 6.45) is 0. The molecule has 0 radical (unpaired) electrons. The molecule has 162 valence electrons. The van der Waals surface area contributed by atoms with Crippen LogP contribution in [0.5, 0.6) is 0 Å². The Bertz CT molecular complexity index is 1610. The first-order valence-electron chi connectivity index (χ1n) is 10.4. The highest BCUT2D eigenvalue weighted by atomic mass is 16.7. The molecule has 7 heteroatoms. The summed E-state index contributed by atoms with van der Waals surface area (Å²) in [5.74, 6) is -0.501. The lowest BCUT2D eigenvalue weighted by Crippen LogP contribution is -1.99. The molecule has 4 aromatic carbocycles. The molecule has 33 heavy (non-hydrogen) atoms. The normalized spacial score (nSPS) is 11.9. The van der Waals surface area contributed by atoms with E-state index < -0.39 is 10.9 Å². The average molecular weight is 437 g/mol. The first-order valence-corrected chi connectivity index (χ1v) is 10.4. The number of nitro benzene ring substituents is 1. The molecule has 0 unspecified atom stereocenters. The number of carbonyl (C=O) groups is 1. The number of nitrogens with zero attached hydrogens (tertiary/aromatic N) is 3. The van der Waals surface area contributed by atoms with E-state index in [4.69, 9.17) is 4.84 Å². The smallest absolute Gasteiger partial charge is 0.318 e. The number of non-ortho nitro benzene ring substituents is 1. The second-order valence-electron chi connectivity index (χ2n) is 7.82. The lowest BCUT2D eigenvalue weighted by molar-refractivity contribution is -0.384. The van der Waals surface area contributed by atoms with Gasteiger partial charge in [0.15, 0.2) is 0 Å². The van der Waals surface area contributed by atoms with Gasteiger partial charge in [0.05, 0.1) is 21.7 Å². The number of fused-ring (bicyclic) bond motifs is 4. The zero-order valence-electron chi connectivity index (χ0n) is 18.0. The summed E-state index contributed by atoms with van der Waals surface area (Å²) in [6, 6.07) is 25.0. The number of hydrogen-bond acceptors (Lipinski definition) is 5. The van der Waals surface area contributed by atoms with E-state index in [2.05, 4.69) is 34.0 Å². The van der Waals surface area contributed by atoms with Crippen LogP contribution < -0.4 is 0 Å². The zero-order valence-corrected chi connectivity index (χ0v) is 18.0. The van der Waals surface area contributed by atoms with E-state index in [1.165, 1.54) is 13.0 Å². The van der Waals surface area contributed by atoms with Gasteiger partial charge in [0.2, 0.25) is 0 Å². The van der Waals surface area contributed by atoms with Crippen molar-refractivity contribution in [2.45, 2.75) is 13.8 Å². The summed E-state index contributed by atoms with van der Waals surface area (Å²) >= 11 is 0. The van der Waals surface area contributed by atoms with E-state index in [9.17, 15) is 14.9 Å². The van der Waals surface area contributed by atoms with Gasteiger partial charge < -0.3 is 9.40 Å². The van der Waals surface area contributed by atoms with Crippen LogP contribution in [-0.4, -0.2) is 21.2 Å². The summed E-state index contributed by atoms with van der Waals surface area (Å²) in [7, 11) is 0. The molecule has 0 bridgehead atoms. The largest absolute Gasteiger partial charge is 0.331 e. The van der Waals surface area contributed by atoms with Gasteiger partial charge in [0.1, 0.15) is 0 Å². The molecule has 0 fully saturated rings. The molecule has 5 aromatic rings. The van der Waals surface area contributed by atoms with Crippen LogP contribution in [0.15, 0.2) is 84.0 Å². The third kappa shape index (κ3) is 3.59. The topological polar surface area (TPSA) is 86.7 Å². The number of aromatic nitrogens is 1. The summed E-state index contributed by atoms with van der Waals surface area (Å²) in [5, 5.41) is 19.2. The Kier molecular flexibility index (Phi) is 4.86. The highest BCUT2D eigenvalue weighted by Crippen LogP contribution is 2.35. The highest BCUT2D eigenvalue weighted by Gasteiger charge is 2.17. The summed E-state index contributed by atoms with van der Waals surface area (Å²) < 4.78 is 2.10. The number of nitro groups is 1. The molecule has 1 aromatic heterocycles. The molecule has 0 N–H and O–H groups in total. The van der Waals surface area contributed by atoms with Crippen LogP contribution in [0.25, 0.3) is 38.3 Å². The third-order valence-corrected chi connectivity index (χ3v) is 5.68. The van der Waals surface area contributed by atoms with E-state index in [1.54, 1.807) is 19.1 Å². The molecular formula is C26H19N3O4. The van der Waals surface area contributed by atoms with Crippen molar-refractivity contribution in [3.8, 4) is 5.69 Å². The molecule has 0 saturated carbocycles. The average Bonchev–Trinajstić information content (AvgIpc) is 3.15. The molecule has 0 amide bonds. The second kappa shape index (κ2) is 7.87. The molecule has 5 rings (SSSR count). The Labute approximate surface area is 188 Å². The van der Waals surface area contributed by atoms with Crippen LogP contribution in [0.3, 0.4) is 0 Å². The SMILES string of the molecule is CC(=O)O/N=C(\C)c1ccc2c(c1)c1cc([N+](=O)[O-])ccc1n2-c1ccc2ccccc2c1. The minimum Gasteiger partial charge on any atom is -0.318 e. The first kappa shape index (κ1) is 20.4. The molecule has 0 saturated heterocycles. The van der Waals surface area contributed by atoms with Gasteiger partial charge in [-0.3, -0.25) is 10.1 Å². The van der Waals surface area contributed by atoms with Gasteiger partial charge in [-0.05, 0) is 53.6 Å². The van der Waals surface area contributed by atoms with E-state index in [1.807, 2.05) is 36.4 Å². The molecular weight excluding hydrogens is 418 g/mol. The maximum atomic E-state index is 11.5. The predicted octanol–water partition coefficient (Wildman–Crippen LogP) is 6.13. The fourth-order valence-electron chi connectivity index (χ4n) is 4.13. The first-order chi connectivity index (χ1) is 15.9. The molecule has 0 atom stereocenters. The quantitative estimate of drug-likeness (QED) is 0.146. The number of hydrogen-bond donors (Lipinski definition) is 0. The highest BCUT2D eigenvalue weighted by molar-refractivity contribution is 6.13. The Morgan fingerprint density at radius 3 is 2.30 bits per heavy atom. The number of rotatable bonds is 4. The van der Waals surface area contributed by atoms with Crippen molar-refractivity contribution in [3.05, 3.63) is 94.5 Å². The van der Waals surface area contributed by atoms with Crippen molar-refractivity contribution in [1.82, 2.24) is 4.57 Å². The second-order valence-corrected chi connectivity index (χ2v) is 7.82. The van der Waals surface area contributed by atoms with E-state index in [0.29, 0.717) is 5.71 Å². The maximum Gasteiger partial charge on any atom is 0.331 e. The molecule has 1 heterocycles. The standard InChI is InChI=1S/C26H19N3O4/c1-16(27-33-17(2)30)19-8-11-25-23(14-19)24-15-22(29(31)32)10-12-26(24)28(25)21-9-7-18-5-3-4-6-20(18)13-21/h3-15H,1-2H3/b27-16+. The van der Waals surface area contributed by atoms with Gasteiger partial charge in [-0.25, -0.2) is 4.79 Å². The van der Waals surface area contributed by atoms with E-state index in [-0.39, 0.29) is 5.69 Å². The fraction of sp³-hybridized carbons (Fsp3) is 0.0769. The summed E-state index contributed by atoms with van der Waals surface area (Å²) in [4.78, 5) is 27.0. The Balaban J connectivity index is 1.79. The van der Waals surface area contributed by atoms with E-state index >= 15 is 0 Å². The van der Waals surface area contributed by atoms with Crippen LogP contribution in [0.2, 0.25) is 0 Å². The van der Waals surface area contributed by atoms with Crippen LogP contribution in [-0.2, 0) is 9.63 Å². The van der Waals surface area contributed by atoms with Crippen molar-refractivity contribution >= 4 is 49.9 Å². The van der Waals surface area contributed by atoms with Crippen molar-refractivity contribution < 1.29 is 14.6 Å². The summed E-state index contributed by atoms with van der Waals surface area (Å²) in [5.41, 5.74) is 4.04.